The number of nitrogens with zero attached hydrogens (tertiary/aromatic N) is 10. The zero-order chi connectivity index (χ0) is 51.9. The van der Waals surface area contributed by atoms with Crippen LogP contribution in [0.5, 0.6) is 0 Å². The monoisotopic (exact) mass is 1080 g/mol. The van der Waals surface area contributed by atoms with Crippen molar-refractivity contribution in [2.75, 3.05) is 0 Å². The predicted octanol–water partition coefficient (Wildman–Crippen LogP) is 11.2. The molecular formula is C50H39F6IN10O4. The van der Waals surface area contributed by atoms with E-state index in [9.17, 15) is 45.5 Å². The van der Waals surface area contributed by atoms with Crippen molar-refractivity contribution >= 4 is 34.0 Å². The standard InChI is InChI=1S/C25H19F3IN5O2.C25H20F3N5O2/c1-14(2)32-23(35)21(22-20(29)13-31-34(22)18-10-8-17(30-4)9-11-18)15(3)33(24(32)36)19-7-5-6-16(12-19)25(26,27)28;1-15(2)31-23(34)22(21-12-13-30-33(21)19-10-8-18(29-4)9-11-19)16(3)32(24(31)35)20-7-5-6-17(14-20)25(26,27)28/h5-14H,1-3H3;5-15H,1-3H3. The van der Waals surface area contributed by atoms with Gasteiger partial charge in [-0.1, -0.05) is 36.4 Å². The summed E-state index contributed by atoms with van der Waals surface area (Å²) >= 11 is 2.02. The molecule has 4 heterocycles. The fraction of sp³-hybridized carbons (Fsp3) is 0.200. The molecule has 4 aromatic carbocycles. The number of hydrogen-bond acceptors (Lipinski definition) is 6. The summed E-state index contributed by atoms with van der Waals surface area (Å²) in [6.45, 7) is 23.9. The molecule has 8 rings (SSSR count). The van der Waals surface area contributed by atoms with Gasteiger partial charge in [-0.2, -0.15) is 36.5 Å². The molecule has 0 fully saturated rings. The lowest BCUT2D eigenvalue weighted by atomic mass is 10.1. The van der Waals surface area contributed by atoms with Crippen molar-refractivity contribution in [3.8, 4) is 45.3 Å². The Kier molecular flexibility index (Phi) is 14.1. The Hall–Kier alpha value is -8.05. The molecule has 0 N–H and O–H groups in total. The van der Waals surface area contributed by atoms with Crippen LogP contribution < -0.4 is 22.5 Å². The molecule has 0 aliphatic rings. The smallest absolute Gasteiger partial charge is 0.268 e. The molecule has 8 aromatic rings. The SMILES string of the molecule is [C-]#[N+]c1ccc(-n2ncc(I)c2-c2c(C)n(-c3cccc(C(F)(F)F)c3)c(=O)n(C(C)C)c2=O)cc1.[C-]#[N+]c1ccc(-n2nccc2-c2c(C)n(-c3cccc(C(F)(F)F)c3)c(=O)n(C(C)C)c2=O)cc1. The molecule has 0 spiro atoms. The summed E-state index contributed by atoms with van der Waals surface area (Å²) in [4.78, 5) is 60.7. The van der Waals surface area contributed by atoms with E-state index in [2.05, 4.69) is 19.9 Å². The van der Waals surface area contributed by atoms with E-state index in [0.29, 0.717) is 37.7 Å². The third-order valence-corrected chi connectivity index (χ3v) is 12.0. The van der Waals surface area contributed by atoms with Crippen molar-refractivity contribution in [2.24, 2.45) is 0 Å². The second kappa shape index (κ2) is 19.7. The summed E-state index contributed by atoms with van der Waals surface area (Å²) in [6.07, 6.45) is -6.17. The summed E-state index contributed by atoms with van der Waals surface area (Å²) in [5.41, 5.74) is -1.08. The van der Waals surface area contributed by atoms with Crippen LogP contribution in [0.3, 0.4) is 0 Å². The highest BCUT2D eigenvalue weighted by Crippen LogP contribution is 2.34. The van der Waals surface area contributed by atoms with E-state index in [-0.39, 0.29) is 33.9 Å². The van der Waals surface area contributed by atoms with E-state index in [1.807, 2.05) is 22.6 Å². The Labute approximate surface area is 413 Å². The van der Waals surface area contributed by atoms with Gasteiger partial charge in [0, 0.05) is 23.5 Å². The summed E-state index contributed by atoms with van der Waals surface area (Å²) in [7, 11) is 0. The van der Waals surface area contributed by atoms with Crippen molar-refractivity contribution in [1.82, 2.24) is 37.8 Å². The Morgan fingerprint density at radius 3 is 1.41 bits per heavy atom. The van der Waals surface area contributed by atoms with Gasteiger partial charge in [0.05, 0.1) is 85.5 Å². The molecule has 14 nitrogen and oxygen atoms in total. The molecule has 362 valence electrons. The zero-order valence-electron chi connectivity index (χ0n) is 38.4. The van der Waals surface area contributed by atoms with Gasteiger partial charge in [0.2, 0.25) is 0 Å². The van der Waals surface area contributed by atoms with Crippen LogP contribution in [-0.4, -0.2) is 37.8 Å². The maximum atomic E-state index is 13.7. The van der Waals surface area contributed by atoms with Crippen molar-refractivity contribution < 1.29 is 26.3 Å². The van der Waals surface area contributed by atoms with Gasteiger partial charge in [0.1, 0.15) is 0 Å². The number of rotatable bonds is 8. The van der Waals surface area contributed by atoms with Gasteiger partial charge in [0.25, 0.3) is 11.1 Å². The van der Waals surface area contributed by atoms with Gasteiger partial charge in [-0.3, -0.25) is 27.9 Å². The fourth-order valence-corrected chi connectivity index (χ4v) is 8.59. The van der Waals surface area contributed by atoms with Crippen LogP contribution >= 0.6 is 22.6 Å². The van der Waals surface area contributed by atoms with Crippen LogP contribution in [0.1, 0.15) is 62.3 Å². The molecule has 21 heteroatoms. The van der Waals surface area contributed by atoms with Gasteiger partial charge >= 0.3 is 23.7 Å². The lowest BCUT2D eigenvalue weighted by molar-refractivity contribution is -0.138. The minimum atomic E-state index is -4.60. The maximum absolute atomic E-state index is 13.7. The molecule has 71 heavy (non-hydrogen) atoms. The normalized spacial score (nSPS) is 11.6. The van der Waals surface area contributed by atoms with Crippen molar-refractivity contribution in [3.63, 3.8) is 0 Å². The fourth-order valence-electron chi connectivity index (χ4n) is 7.96. The Morgan fingerprint density at radius 1 is 0.563 bits per heavy atom. The van der Waals surface area contributed by atoms with E-state index < -0.39 is 58.1 Å². The van der Waals surface area contributed by atoms with Crippen molar-refractivity contribution in [3.05, 3.63) is 206 Å². The third kappa shape index (κ3) is 9.77. The quantitative estimate of drug-likeness (QED) is 0.0846. The average molecular weight is 1080 g/mol. The zero-order valence-corrected chi connectivity index (χ0v) is 40.5. The van der Waals surface area contributed by atoms with Crippen LogP contribution in [0.2, 0.25) is 0 Å². The molecule has 0 radical (unpaired) electrons. The van der Waals surface area contributed by atoms with Gasteiger partial charge in [0.15, 0.2) is 11.4 Å². The van der Waals surface area contributed by atoms with Gasteiger partial charge in [-0.25, -0.2) is 28.6 Å². The Morgan fingerprint density at radius 2 is 0.986 bits per heavy atom. The Bertz CT molecular complexity index is 3680. The summed E-state index contributed by atoms with van der Waals surface area (Å²) in [6, 6.07) is 22.5. The molecule has 4 aromatic heterocycles. The molecule has 0 bridgehead atoms. The second-order valence-corrected chi connectivity index (χ2v) is 17.6. The minimum Gasteiger partial charge on any atom is -0.268 e. The number of aromatic nitrogens is 8. The van der Waals surface area contributed by atoms with E-state index in [1.165, 1.54) is 53.7 Å². The van der Waals surface area contributed by atoms with Crippen molar-refractivity contribution in [1.29, 1.82) is 0 Å². The first-order valence-electron chi connectivity index (χ1n) is 21.4. The van der Waals surface area contributed by atoms with Crippen molar-refractivity contribution in [2.45, 2.75) is 66.0 Å². The second-order valence-electron chi connectivity index (χ2n) is 16.4. The van der Waals surface area contributed by atoms with Crippen LogP contribution in [0.4, 0.5) is 37.7 Å². The molecule has 0 saturated heterocycles. The summed E-state index contributed by atoms with van der Waals surface area (Å²) in [5, 5.41) is 8.69. The summed E-state index contributed by atoms with van der Waals surface area (Å²) < 4.78 is 88.3. The first-order chi connectivity index (χ1) is 33.5. The van der Waals surface area contributed by atoms with Gasteiger partial charge in [-0.05, 0) is 131 Å². The molecule has 0 unspecified atom stereocenters. The number of benzene rings is 4. The number of alkyl halides is 6. The highest BCUT2D eigenvalue weighted by atomic mass is 127. The predicted molar refractivity (Wildman–Crippen MR) is 263 cm³/mol. The topological polar surface area (TPSA) is 132 Å². The summed E-state index contributed by atoms with van der Waals surface area (Å²) in [5.74, 6) is 0. The number of hydrogen-bond donors (Lipinski definition) is 0. The van der Waals surface area contributed by atoms with Crippen LogP contribution in [0, 0.1) is 30.6 Å². The van der Waals surface area contributed by atoms with E-state index in [4.69, 9.17) is 13.1 Å². The largest absolute Gasteiger partial charge is 0.416 e. The molecule has 0 amide bonds. The maximum Gasteiger partial charge on any atom is 0.416 e. The Balaban J connectivity index is 0.000000209. The lowest BCUT2D eigenvalue weighted by Crippen LogP contribution is -2.42. The highest BCUT2D eigenvalue weighted by Gasteiger charge is 2.33. The number of halogens is 7. The van der Waals surface area contributed by atoms with E-state index >= 15 is 0 Å². The van der Waals surface area contributed by atoms with Crippen LogP contribution in [-0.2, 0) is 12.4 Å². The molecule has 0 aliphatic carbocycles. The molecule has 0 saturated carbocycles. The average Bonchev–Trinajstić information content (AvgIpc) is 3.95. The van der Waals surface area contributed by atoms with Gasteiger partial charge in [-0.15, -0.1) is 0 Å². The minimum absolute atomic E-state index is 0.00883. The lowest BCUT2D eigenvalue weighted by Gasteiger charge is -2.20. The molecule has 0 aliphatic heterocycles. The van der Waals surface area contributed by atoms with E-state index in [0.717, 1.165) is 42.5 Å². The van der Waals surface area contributed by atoms with Crippen LogP contribution in [0.15, 0.2) is 135 Å². The van der Waals surface area contributed by atoms with Gasteiger partial charge < -0.3 is 0 Å². The first kappa shape index (κ1) is 50.8. The highest BCUT2D eigenvalue weighted by molar-refractivity contribution is 14.1. The first-order valence-corrected chi connectivity index (χ1v) is 22.4. The third-order valence-electron chi connectivity index (χ3n) is 11.3. The molecular weight excluding hydrogens is 1050 g/mol. The van der Waals surface area contributed by atoms with E-state index in [1.54, 1.807) is 88.5 Å². The van der Waals surface area contributed by atoms with Crippen LogP contribution in [0.25, 0.3) is 55.0 Å². The molecule has 0 atom stereocenters.